The van der Waals surface area contributed by atoms with Gasteiger partial charge in [0.05, 0.1) is 17.2 Å². The number of benzene rings is 2. The molecule has 2 N–H and O–H groups in total. The number of hydrogen-bond acceptors (Lipinski definition) is 4. The van der Waals surface area contributed by atoms with E-state index in [1.165, 1.54) is 30.3 Å². The molecule has 0 radical (unpaired) electrons. The number of ketones is 1. The molecular formula is C22H22ClFO5. The quantitative estimate of drug-likeness (QED) is 0.637. The third-order valence-corrected chi connectivity index (χ3v) is 5.50. The highest BCUT2D eigenvalue weighted by atomic mass is 35.5. The van der Waals surface area contributed by atoms with Crippen LogP contribution in [0.1, 0.15) is 63.6 Å². The van der Waals surface area contributed by atoms with Gasteiger partial charge in [-0.1, -0.05) is 11.6 Å². The number of aromatic carboxylic acids is 1. The van der Waals surface area contributed by atoms with Gasteiger partial charge in [0.25, 0.3) is 0 Å². The molecular weight excluding hydrogens is 399 g/mol. The van der Waals surface area contributed by atoms with E-state index in [2.05, 4.69) is 0 Å². The number of halogens is 2. The maximum atomic E-state index is 14.8. The molecule has 0 spiro atoms. The fourth-order valence-corrected chi connectivity index (χ4v) is 3.69. The summed E-state index contributed by atoms with van der Waals surface area (Å²) in [4.78, 5) is 24.4. The standard InChI is InChI=1S/C22H22ClFO5/c23-16-4-2-14(3-5-16)21(26)20-17(22(27)28)11-15(12-18(20)24)19(25)6-1-13-7-9-29-10-8-13/h2-5,11-13,19,25H,1,6-10H2,(H,27,28)/t19-/m0/s1. The molecule has 154 valence electrons. The van der Waals surface area contributed by atoms with Gasteiger partial charge in [-0.2, -0.15) is 0 Å². The summed E-state index contributed by atoms with van der Waals surface area (Å²) in [6.45, 7) is 1.39. The van der Waals surface area contributed by atoms with Crippen molar-refractivity contribution in [2.24, 2.45) is 5.92 Å². The monoisotopic (exact) mass is 420 g/mol. The van der Waals surface area contributed by atoms with E-state index in [1.807, 2.05) is 0 Å². The zero-order valence-corrected chi connectivity index (χ0v) is 16.5. The average Bonchev–Trinajstić information content (AvgIpc) is 2.72. The minimum atomic E-state index is -1.43. The van der Waals surface area contributed by atoms with Crippen LogP contribution in [-0.2, 0) is 4.74 Å². The van der Waals surface area contributed by atoms with Gasteiger partial charge >= 0.3 is 5.97 Å². The molecule has 0 saturated carbocycles. The summed E-state index contributed by atoms with van der Waals surface area (Å²) in [6, 6.07) is 8.00. The highest BCUT2D eigenvalue weighted by Crippen LogP contribution is 2.29. The van der Waals surface area contributed by atoms with E-state index in [9.17, 15) is 24.2 Å². The highest BCUT2D eigenvalue weighted by molar-refractivity contribution is 6.30. The normalized spacial score (nSPS) is 15.8. The predicted molar refractivity (Wildman–Crippen MR) is 106 cm³/mol. The van der Waals surface area contributed by atoms with Crippen molar-refractivity contribution in [1.82, 2.24) is 0 Å². The van der Waals surface area contributed by atoms with Gasteiger partial charge in [0.2, 0.25) is 0 Å². The average molecular weight is 421 g/mol. The molecule has 29 heavy (non-hydrogen) atoms. The minimum absolute atomic E-state index is 0.128. The Morgan fingerprint density at radius 3 is 2.45 bits per heavy atom. The number of ether oxygens (including phenoxy) is 1. The molecule has 5 nitrogen and oxygen atoms in total. The van der Waals surface area contributed by atoms with Crippen LogP contribution in [0.15, 0.2) is 36.4 Å². The molecule has 1 atom stereocenters. The molecule has 7 heteroatoms. The van der Waals surface area contributed by atoms with E-state index in [1.54, 1.807) is 0 Å². The second-order valence-electron chi connectivity index (χ2n) is 7.22. The van der Waals surface area contributed by atoms with Crippen LogP contribution in [-0.4, -0.2) is 35.2 Å². The SMILES string of the molecule is O=C(O)c1cc([C@@H](O)CCC2CCOCC2)cc(F)c1C(=O)c1ccc(Cl)cc1. The van der Waals surface area contributed by atoms with Crippen LogP contribution >= 0.6 is 11.6 Å². The van der Waals surface area contributed by atoms with Crippen LogP contribution in [0, 0.1) is 11.7 Å². The summed E-state index contributed by atoms with van der Waals surface area (Å²) < 4.78 is 20.1. The number of aliphatic hydroxyl groups excluding tert-OH is 1. The maximum absolute atomic E-state index is 14.8. The summed E-state index contributed by atoms with van der Waals surface area (Å²) in [6.07, 6.45) is 1.93. The van der Waals surface area contributed by atoms with Gasteiger partial charge in [-0.05, 0) is 73.6 Å². The third-order valence-electron chi connectivity index (χ3n) is 5.25. The first-order valence-electron chi connectivity index (χ1n) is 9.49. The van der Waals surface area contributed by atoms with Gasteiger partial charge < -0.3 is 14.9 Å². The Kier molecular flexibility index (Phi) is 7.00. The van der Waals surface area contributed by atoms with Crippen LogP contribution in [0.4, 0.5) is 4.39 Å². The van der Waals surface area contributed by atoms with Crippen LogP contribution < -0.4 is 0 Å². The third kappa shape index (κ3) is 5.21. The fourth-order valence-electron chi connectivity index (χ4n) is 3.56. The Balaban J connectivity index is 1.84. The van der Waals surface area contributed by atoms with E-state index in [0.717, 1.165) is 25.3 Å². The number of carbonyl (C=O) groups excluding carboxylic acids is 1. The molecule has 0 aliphatic carbocycles. The lowest BCUT2D eigenvalue weighted by Crippen LogP contribution is -2.17. The second kappa shape index (κ2) is 9.48. The molecule has 1 aliphatic heterocycles. The summed E-state index contributed by atoms with van der Waals surface area (Å²) in [5.74, 6) is -2.72. The summed E-state index contributed by atoms with van der Waals surface area (Å²) in [7, 11) is 0. The minimum Gasteiger partial charge on any atom is -0.478 e. The van der Waals surface area contributed by atoms with Gasteiger partial charge in [0, 0.05) is 23.8 Å². The van der Waals surface area contributed by atoms with E-state index in [0.29, 0.717) is 30.6 Å². The van der Waals surface area contributed by atoms with Crippen molar-refractivity contribution in [1.29, 1.82) is 0 Å². The number of aliphatic hydroxyl groups is 1. The lowest BCUT2D eigenvalue weighted by molar-refractivity contribution is 0.0568. The van der Waals surface area contributed by atoms with Crippen molar-refractivity contribution in [2.45, 2.75) is 31.8 Å². The maximum Gasteiger partial charge on any atom is 0.336 e. The van der Waals surface area contributed by atoms with Gasteiger partial charge in [-0.25, -0.2) is 9.18 Å². The molecule has 0 unspecified atom stereocenters. The van der Waals surface area contributed by atoms with Gasteiger partial charge in [0.1, 0.15) is 5.82 Å². The largest absolute Gasteiger partial charge is 0.478 e. The fraction of sp³-hybridized carbons (Fsp3) is 0.364. The lowest BCUT2D eigenvalue weighted by Gasteiger charge is -2.23. The summed E-state index contributed by atoms with van der Waals surface area (Å²) in [5, 5.41) is 20.4. The van der Waals surface area contributed by atoms with Crippen molar-refractivity contribution in [2.75, 3.05) is 13.2 Å². The topological polar surface area (TPSA) is 83.8 Å². The van der Waals surface area contributed by atoms with Crippen LogP contribution in [0.3, 0.4) is 0 Å². The molecule has 1 heterocycles. The van der Waals surface area contributed by atoms with E-state index >= 15 is 0 Å². The molecule has 2 aromatic rings. The smallest absolute Gasteiger partial charge is 0.336 e. The zero-order chi connectivity index (χ0) is 21.0. The predicted octanol–water partition coefficient (Wildman–Crippen LogP) is 4.65. The van der Waals surface area contributed by atoms with E-state index < -0.39 is 34.8 Å². The van der Waals surface area contributed by atoms with Gasteiger partial charge in [-0.15, -0.1) is 0 Å². The molecule has 1 fully saturated rings. The summed E-state index contributed by atoms with van der Waals surface area (Å²) in [5.41, 5.74) is -0.714. The Bertz CT molecular complexity index is 891. The first kappa shape index (κ1) is 21.4. The van der Waals surface area contributed by atoms with Crippen LogP contribution in [0.5, 0.6) is 0 Å². The molecule has 1 aliphatic rings. The Labute approximate surface area is 173 Å². The number of rotatable bonds is 7. The van der Waals surface area contributed by atoms with Crippen molar-refractivity contribution in [3.05, 3.63) is 69.5 Å². The van der Waals surface area contributed by atoms with E-state index in [-0.39, 0.29) is 11.1 Å². The number of carboxylic acids is 1. The van der Waals surface area contributed by atoms with Gasteiger partial charge in [-0.3, -0.25) is 4.79 Å². The number of hydrogen-bond donors (Lipinski definition) is 2. The number of carbonyl (C=O) groups is 2. The van der Waals surface area contributed by atoms with Gasteiger partial charge in [0.15, 0.2) is 5.78 Å². The van der Waals surface area contributed by atoms with Crippen molar-refractivity contribution >= 4 is 23.4 Å². The van der Waals surface area contributed by atoms with Crippen molar-refractivity contribution in [3.8, 4) is 0 Å². The first-order valence-corrected chi connectivity index (χ1v) is 9.87. The molecule has 0 aromatic heterocycles. The second-order valence-corrected chi connectivity index (χ2v) is 7.65. The zero-order valence-electron chi connectivity index (χ0n) is 15.7. The molecule has 0 bridgehead atoms. The molecule has 0 amide bonds. The number of carboxylic acid groups (broad SMARTS) is 1. The highest BCUT2D eigenvalue weighted by Gasteiger charge is 2.25. The Morgan fingerprint density at radius 2 is 1.83 bits per heavy atom. The Hall–Kier alpha value is -2.28. The van der Waals surface area contributed by atoms with E-state index in [4.69, 9.17) is 16.3 Å². The van der Waals surface area contributed by atoms with Crippen LogP contribution in [0.2, 0.25) is 5.02 Å². The van der Waals surface area contributed by atoms with Crippen molar-refractivity contribution < 1.29 is 28.9 Å². The lowest BCUT2D eigenvalue weighted by atomic mass is 9.90. The first-order chi connectivity index (χ1) is 13.9. The Morgan fingerprint density at radius 1 is 1.17 bits per heavy atom. The molecule has 1 saturated heterocycles. The summed E-state index contributed by atoms with van der Waals surface area (Å²) >= 11 is 5.80. The van der Waals surface area contributed by atoms with Crippen molar-refractivity contribution in [3.63, 3.8) is 0 Å². The van der Waals surface area contributed by atoms with Crippen LogP contribution in [0.25, 0.3) is 0 Å². The molecule has 2 aromatic carbocycles. The molecule has 3 rings (SSSR count).